The van der Waals surface area contributed by atoms with Crippen LogP contribution in [0.3, 0.4) is 0 Å². The van der Waals surface area contributed by atoms with Crippen LogP contribution in [0, 0.1) is 0 Å². The summed E-state index contributed by atoms with van der Waals surface area (Å²) in [6.07, 6.45) is -3.00. The first-order valence-corrected chi connectivity index (χ1v) is 5.18. The quantitative estimate of drug-likeness (QED) is 0.818. The minimum absolute atomic E-state index is 0.119. The minimum atomic E-state index is -2.94. The van der Waals surface area contributed by atoms with Crippen molar-refractivity contribution in [2.45, 2.75) is 32.3 Å². The molecule has 0 aromatic carbocycles. The molecule has 1 amide bonds. The molecule has 2 heterocycles. The van der Waals surface area contributed by atoms with Gasteiger partial charge in [-0.2, -0.15) is 0 Å². The summed E-state index contributed by atoms with van der Waals surface area (Å²) in [6.45, 7) is -1.33. The molecule has 1 fully saturated rings. The number of ether oxygens (including phenoxy) is 1. The lowest BCUT2D eigenvalue weighted by Gasteiger charge is -2.39. The summed E-state index contributed by atoms with van der Waals surface area (Å²) in [5, 5.41) is 0. The Morgan fingerprint density at radius 1 is 1.72 bits per heavy atom. The number of carbonyl (C=O) groups is 1. The Labute approximate surface area is 115 Å². The highest BCUT2D eigenvalue weighted by molar-refractivity contribution is 5.69. The van der Waals surface area contributed by atoms with Crippen molar-refractivity contribution in [2.75, 3.05) is 13.0 Å². The van der Waals surface area contributed by atoms with Crippen molar-refractivity contribution >= 4 is 6.09 Å². The fourth-order valence-corrected chi connectivity index (χ4v) is 1.13. The Morgan fingerprint density at radius 2 is 2.39 bits per heavy atom. The van der Waals surface area contributed by atoms with E-state index in [9.17, 15) is 9.59 Å². The zero-order valence-electron chi connectivity index (χ0n) is 17.1. The van der Waals surface area contributed by atoms with Crippen LogP contribution in [-0.2, 0) is 4.74 Å². The van der Waals surface area contributed by atoms with E-state index in [0.29, 0.717) is 0 Å². The summed E-state index contributed by atoms with van der Waals surface area (Å²) in [5.74, 6) is -2.84. The number of nitrogens with zero attached hydrogens (tertiary/aromatic N) is 2. The van der Waals surface area contributed by atoms with Crippen LogP contribution in [0.25, 0.3) is 0 Å². The van der Waals surface area contributed by atoms with Crippen LogP contribution < -0.4 is 5.56 Å². The molecule has 2 rings (SSSR count). The largest absolute Gasteiger partial charge is 0.444 e. The van der Waals surface area contributed by atoms with Crippen molar-refractivity contribution in [1.82, 2.24) is 14.9 Å². The van der Waals surface area contributed by atoms with Gasteiger partial charge in [0.2, 0.25) is 0 Å². The van der Waals surface area contributed by atoms with E-state index in [4.69, 9.17) is 14.3 Å². The summed E-state index contributed by atoms with van der Waals surface area (Å²) in [7, 11) is 0. The number of likely N-dealkylation sites (tertiary alicyclic amines) is 1. The Kier molecular flexibility index (Phi) is 1.57. The number of aromatic nitrogens is 2. The van der Waals surface area contributed by atoms with Crippen LogP contribution in [0.1, 0.15) is 42.0 Å². The van der Waals surface area contributed by atoms with Crippen molar-refractivity contribution < 1.29 is 19.1 Å². The topological polar surface area (TPSA) is 75.3 Å². The Morgan fingerprint density at radius 3 is 3.00 bits per heavy atom. The van der Waals surface area contributed by atoms with E-state index in [2.05, 4.69) is 4.98 Å². The van der Waals surface area contributed by atoms with Gasteiger partial charge in [0.15, 0.2) is 0 Å². The molecular formula is C12H17N3O3. The first-order chi connectivity index (χ1) is 11.1. The number of rotatable bonds is 1. The maximum Gasteiger partial charge on any atom is 0.410 e. The highest BCUT2D eigenvalue weighted by Gasteiger charge is 2.35. The van der Waals surface area contributed by atoms with E-state index in [0.717, 1.165) is 0 Å². The van der Waals surface area contributed by atoms with E-state index < -0.39 is 54.2 Å². The monoisotopic (exact) mass is 258 g/mol. The highest BCUT2D eigenvalue weighted by atomic mass is 16.6. The summed E-state index contributed by atoms with van der Waals surface area (Å²) in [6, 6.07) is 0. The average molecular weight is 258 g/mol. The minimum Gasteiger partial charge on any atom is -0.444 e. The molecule has 0 bridgehead atoms. The van der Waals surface area contributed by atoms with Gasteiger partial charge in [0, 0.05) is 26.4 Å². The van der Waals surface area contributed by atoms with Crippen LogP contribution in [0.5, 0.6) is 0 Å². The van der Waals surface area contributed by atoms with Crippen molar-refractivity contribution in [3.8, 4) is 0 Å². The van der Waals surface area contributed by atoms with E-state index in [1.54, 1.807) is 0 Å². The number of aromatic amines is 1. The lowest BCUT2D eigenvalue weighted by Crippen LogP contribution is -2.50. The molecule has 0 unspecified atom stereocenters. The third kappa shape index (κ3) is 2.88. The molecule has 18 heavy (non-hydrogen) atoms. The van der Waals surface area contributed by atoms with E-state index in [-0.39, 0.29) is 4.90 Å². The molecule has 98 valence electrons. The molecule has 6 nitrogen and oxygen atoms in total. The first-order valence-electron chi connectivity index (χ1n) is 8.68. The summed E-state index contributed by atoms with van der Waals surface area (Å²) in [5.41, 5.74) is -2.83. The number of nitrogens with one attached hydrogen (secondary N) is 1. The van der Waals surface area contributed by atoms with Gasteiger partial charge in [-0.3, -0.25) is 9.78 Å². The molecular weight excluding hydrogens is 234 g/mol. The van der Waals surface area contributed by atoms with Gasteiger partial charge in [-0.1, -0.05) is 0 Å². The molecule has 1 N–H and O–H groups in total. The SMILES string of the molecule is [2H]c1[nH]c(=O)c([2H])nc1C1([2H])C([2H])([2H])N(C(=O)OC(C)(C)C)C1([2H])[2H]. The normalized spacial score (nSPS) is 29.3. The fourth-order valence-electron chi connectivity index (χ4n) is 1.13. The van der Waals surface area contributed by atoms with Crippen LogP contribution in [0.15, 0.2) is 17.1 Å². The third-order valence-corrected chi connectivity index (χ3v) is 1.82. The zero-order chi connectivity index (χ0) is 19.6. The van der Waals surface area contributed by atoms with E-state index in [1.807, 2.05) is 4.98 Å². The van der Waals surface area contributed by atoms with Crippen LogP contribution in [-0.4, -0.2) is 39.6 Å². The molecule has 1 aromatic rings. The maximum atomic E-state index is 12.2. The van der Waals surface area contributed by atoms with Crippen molar-refractivity contribution in [1.29, 1.82) is 0 Å². The second-order valence-electron chi connectivity index (χ2n) is 4.57. The van der Waals surface area contributed by atoms with Gasteiger partial charge < -0.3 is 14.6 Å². The maximum absolute atomic E-state index is 12.2. The fraction of sp³-hybridized carbons (Fsp3) is 0.583. The number of carbonyl (C=O) groups excluding carboxylic acids is 1. The molecule has 1 aromatic heterocycles. The van der Waals surface area contributed by atoms with E-state index in [1.165, 1.54) is 20.8 Å². The molecule has 1 aliphatic heterocycles. The molecule has 0 saturated carbocycles. The molecule has 1 aliphatic rings. The zero-order valence-corrected chi connectivity index (χ0v) is 10.1. The number of amides is 1. The van der Waals surface area contributed by atoms with Crippen molar-refractivity contribution in [3.05, 3.63) is 28.4 Å². The summed E-state index contributed by atoms with van der Waals surface area (Å²) < 4.78 is 60.4. The number of hydrogen-bond donors (Lipinski definition) is 1. The van der Waals surface area contributed by atoms with Gasteiger partial charge in [-0.25, -0.2) is 4.79 Å². The number of H-pyrrole nitrogens is 1. The predicted molar refractivity (Wildman–Crippen MR) is 65.4 cm³/mol. The second kappa shape index (κ2) is 4.44. The van der Waals surface area contributed by atoms with Gasteiger partial charge >= 0.3 is 6.09 Å². The number of hydrogen-bond acceptors (Lipinski definition) is 4. The van der Waals surface area contributed by atoms with E-state index >= 15 is 0 Å². The van der Waals surface area contributed by atoms with Gasteiger partial charge in [-0.15, -0.1) is 0 Å². The van der Waals surface area contributed by atoms with Gasteiger partial charge in [0.05, 0.1) is 20.1 Å². The molecule has 0 radical (unpaired) electrons. The Bertz CT molecular complexity index is 771. The van der Waals surface area contributed by atoms with Crippen LogP contribution in [0.4, 0.5) is 4.79 Å². The third-order valence-electron chi connectivity index (χ3n) is 1.82. The summed E-state index contributed by atoms with van der Waals surface area (Å²) in [4.78, 5) is 28.9. The lowest BCUT2D eigenvalue weighted by molar-refractivity contribution is 0.00784. The first kappa shape index (κ1) is 6.36. The van der Waals surface area contributed by atoms with Crippen molar-refractivity contribution in [2.24, 2.45) is 0 Å². The standard InChI is InChI=1S/C12H17N3O3/c1-12(2,3)18-11(17)15-6-8(7-15)9-4-14-10(16)5-13-9/h4-5,8H,6-7H2,1-3H3,(H,14,16)/i4D,5D,6D2,7D2,8D. The van der Waals surface area contributed by atoms with Gasteiger partial charge in [-0.05, 0) is 20.8 Å². The Balaban J connectivity index is 2.56. The smallest absolute Gasteiger partial charge is 0.410 e. The van der Waals surface area contributed by atoms with Gasteiger partial charge in [0.25, 0.3) is 5.56 Å². The summed E-state index contributed by atoms with van der Waals surface area (Å²) >= 11 is 0. The molecule has 0 atom stereocenters. The average Bonchev–Trinajstić information content (AvgIpc) is 2.38. The predicted octanol–water partition coefficient (Wildman–Crippen LogP) is 1.10. The highest BCUT2D eigenvalue weighted by Crippen LogP contribution is 2.26. The molecule has 0 aliphatic carbocycles. The van der Waals surface area contributed by atoms with Crippen LogP contribution >= 0.6 is 0 Å². The van der Waals surface area contributed by atoms with Crippen LogP contribution in [0.2, 0.25) is 0 Å². The second-order valence-corrected chi connectivity index (χ2v) is 4.57. The molecule has 0 spiro atoms. The van der Waals surface area contributed by atoms with Gasteiger partial charge in [0.1, 0.15) is 5.60 Å². The molecule has 1 saturated heterocycles. The lowest BCUT2D eigenvalue weighted by atomic mass is 9.97. The Hall–Kier alpha value is -1.85. The van der Waals surface area contributed by atoms with Crippen molar-refractivity contribution in [3.63, 3.8) is 0 Å². The molecule has 6 heteroatoms.